The van der Waals surface area contributed by atoms with Crippen molar-refractivity contribution >= 4 is 34.5 Å². The lowest BCUT2D eigenvalue weighted by Gasteiger charge is -2.34. The van der Waals surface area contributed by atoms with Crippen LogP contribution in [-0.4, -0.2) is 59.4 Å². The minimum atomic E-state index is -3.01. The van der Waals surface area contributed by atoms with Crippen LogP contribution in [0.2, 0.25) is 0 Å². The molecule has 0 spiro atoms. The third-order valence-electron chi connectivity index (χ3n) is 4.68. The monoisotopic (exact) mass is 449 g/mol. The molecular weight excluding hydrogens is 432 g/mol. The fraction of sp³-hybridized carbons (Fsp3) is 0.250. The van der Waals surface area contributed by atoms with Crippen LogP contribution in [0, 0.1) is 0 Å². The third kappa shape index (κ3) is 4.34. The second-order valence-corrected chi connectivity index (χ2v) is 8.15. The number of carbonyl (C=O) groups is 2. The van der Waals surface area contributed by atoms with Crippen LogP contribution in [-0.2, 0) is 0 Å². The number of piperazine rings is 1. The molecule has 1 aromatic carbocycles. The minimum absolute atomic E-state index is 0.0810. The summed E-state index contributed by atoms with van der Waals surface area (Å²) < 4.78 is 29.7. The molecular formula is C20H17F2N3O3S2. The van der Waals surface area contributed by atoms with Gasteiger partial charge in [0.1, 0.15) is 16.5 Å². The van der Waals surface area contributed by atoms with E-state index in [1.54, 1.807) is 27.7 Å². The van der Waals surface area contributed by atoms with E-state index in [2.05, 4.69) is 9.72 Å². The van der Waals surface area contributed by atoms with Crippen molar-refractivity contribution in [3.8, 4) is 16.3 Å². The molecule has 0 N–H and O–H groups in total. The Labute approximate surface area is 179 Å². The Morgan fingerprint density at radius 3 is 2.37 bits per heavy atom. The van der Waals surface area contributed by atoms with Gasteiger partial charge in [0.25, 0.3) is 11.8 Å². The van der Waals surface area contributed by atoms with E-state index < -0.39 is 12.5 Å². The fourth-order valence-corrected chi connectivity index (χ4v) is 4.68. The van der Waals surface area contributed by atoms with Crippen molar-refractivity contribution in [2.24, 2.45) is 0 Å². The van der Waals surface area contributed by atoms with Crippen molar-refractivity contribution in [1.82, 2.24) is 14.8 Å². The van der Waals surface area contributed by atoms with Crippen molar-refractivity contribution in [3.05, 3.63) is 57.7 Å². The minimum Gasteiger partial charge on any atom is -0.434 e. The van der Waals surface area contributed by atoms with Crippen LogP contribution in [0.25, 0.3) is 10.6 Å². The van der Waals surface area contributed by atoms with E-state index in [-0.39, 0.29) is 17.2 Å². The van der Waals surface area contributed by atoms with Crippen LogP contribution in [0.3, 0.4) is 0 Å². The zero-order valence-corrected chi connectivity index (χ0v) is 17.3. The van der Waals surface area contributed by atoms with Crippen molar-refractivity contribution in [3.63, 3.8) is 0 Å². The van der Waals surface area contributed by atoms with Gasteiger partial charge in [-0.05, 0) is 23.6 Å². The van der Waals surface area contributed by atoms with Gasteiger partial charge in [-0.3, -0.25) is 9.59 Å². The predicted octanol–water partition coefficient (Wildman–Crippen LogP) is 4.07. The number of alkyl halides is 2. The molecule has 0 saturated carbocycles. The molecule has 0 atom stereocenters. The molecule has 2 aromatic heterocycles. The summed E-state index contributed by atoms with van der Waals surface area (Å²) in [5, 5.41) is 6.47. The van der Waals surface area contributed by atoms with E-state index in [4.69, 9.17) is 0 Å². The van der Waals surface area contributed by atoms with Gasteiger partial charge in [0.15, 0.2) is 0 Å². The highest BCUT2D eigenvalue weighted by Gasteiger charge is 2.28. The van der Waals surface area contributed by atoms with Crippen LogP contribution >= 0.6 is 22.7 Å². The van der Waals surface area contributed by atoms with E-state index >= 15 is 0 Å². The molecule has 0 radical (unpaired) electrons. The Hall–Kier alpha value is -2.85. The van der Waals surface area contributed by atoms with Gasteiger partial charge in [-0.2, -0.15) is 20.1 Å². The topological polar surface area (TPSA) is 62.7 Å². The number of carbonyl (C=O) groups excluding carboxylic acids is 2. The van der Waals surface area contributed by atoms with Gasteiger partial charge in [-0.1, -0.05) is 12.1 Å². The van der Waals surface area contributed by atoms with E-state index in [0.717, 1.165) is 10.6 Å². The molecule has 1 fully saturated rings. The Morgan fingerprint density at radius 1 is 1.00 bits per heavy atom. The number of halogens is 2. The summed E-state index contributed by atoms with van der Waals surface area (Å²) in [6, 6.07) is 7.88. The number of nitrogens with zero attached hydrogens (tertiary/aromatic N) is 3. The summed E-state index contributed by atoms with van der Waals surface area (Å²) in [5.41, 5.74) is 1.46. The van der Waals surface area contributed by atoms with Crippen molar-refractivity contribution in [2.45, 2.75) is 6.61 Å². The molecule has 156 valence electrons. The van der Waals surface area contributed by atoms with E-state index in [1.165, 1.54) is 34.4 Å². The number of aromatic nitrogens is 1. The van der Waals surface area contributed by atoms with Crippen LogP contribution in [0.4, 0.5) is 8.78 Å². The maximum absolute atomic E-state index is 12.8. The van der Waals surface area contributed by atoms with Gasteiger partial charge in [-0.15, -0.1) is 11.3 Å². The molecule has 1 aliphatic heterocycles. The van der Waals surface area contributed by atoms with Gasteiger partial charge in [-0.25, -0.2) is 4.98 Å². The molecule has 10 heteroatoms. The summed E-state index contributed by atoms with van der Waals surface area (Å²) in [5.74, 6) is -0.729. The number of thiazole rings is 1. The largest absolute Gasteiger partial charge is 0.434 e. The first kappa shape index (κ1) is 20.4. The molecule has 0 unspecified atom stereocenters. The number of benzene rings is 1. The molecule has 3 heterocycles. The summed E-state index contributed by atoms with van der Waals surface area (Å²) >= 11 is 2.99. The van der Waals surface area contributed by atoms with Crippen molar-refractivity contribution < 1.29 is 23.1 Å². The van der Waals surface area contributed by atoms with E-state index in [1.807, 2.05) is 16.8 Å². The first-order valence-corrected chi connectivity index (χ1v) is 11.0. The summed E-state index contributed by atoms with van der Waals surface area (Å²) in [6.45, 7) is -1.73. The van der Waals surface area contributed by atoms with Gasteiger partial charge in [0.2, 0.25) is 0 Å². The highest BCUT2D eigenvalue weighted by Crippen LogP contribution is 2.27. The van der Waals surface area contributed by atoms with Crippen LogP contribution in [0.15, 0.2) is 46.5 Å². The number of rotatable bonds is 5. The Bertz CT molecular complexity index is 1030. The number of ether oxygens (including phenoxy) is 1. The molecule has 0 bridgehead atoms. The summed E-state index contributed by atoms with van der Waals surface area (Å²) in [6.07, 6.45) is 0. The highest BCUT2D eigenvalue weighted by atomic mass is 32.1. The lowest BCUT2D eigenvalue weighted by molar-refractivity contribution is -0.0503. The number of thiophene rings is 1. The number of amides is 2. The molecule has 1 saturated heterocycles. The average Bonchev–Trinajstić information content (AvgIpc) is 3.45. The quantitative estimate of drug-likeness (QED) is 0.589. The number of para-hydroxylation sites is 1. The third-order valence-corrected chi connectivity index (χ3v) is 6.25. The fourth-order valence-electron chi connectivity index (χ4n) is 3.18. The smallest absolute Gasteiger partial charge is 0.387 e. The maximum atomic E-state index is 12.8. The molecule has 1 aliphatic rings. The normalized spacial score (nSPS) is 14.2. The lowest BCUT2D eigenvalue weighted by Crippen LogP contribution is -2.50. The van der Waals surface area contributed by atoms with Crippen molar-refractivity contribution in [1.29, 1.82) is 0 Å². The van der Waals surface area contributed by atoms with Crippen molar-refractivity contribution in [2.75, 3.05) is 26.2 Å². The SMILES string of the molecule is O=C(c1csc(-c2ccsc2)n1)N1CCN(C(=O)c2ccccc2OC(F)F)CC1. The first-order valence-electron chi connectivity index (χ1n) is 9.13. The second-order valence-electron chi connectivity index (χ2n) is 6.51. The van der Waals surface area contributed by atoms with Gasteiger partial charge < -0.3 is 14.5 Å². The highest BCUT2D eigenvalue weighted by molar-refractivity contribution is 7.14. The van der Waals surface area contributed by atoms with Crippen LogP contribution in [0.1, 0.15) is 20.8 Å². The molecule has 4 rings (SSSR count). The standard InChI is InChI=1S/C20H17F2N3O3S2/c21-20(22)28-16-4-2-1-3-14(16)18(26)24-6-8-25(9-7-24)19(27)15-12-30-17(23-15)13-5-10-29-11-13/h1-5,10-12,20H,6-9H2. The Morgan fingerprint density at radius 2 is 1.70 bits per heavy atom. The maximum Gasteiger partial charge on any atom is 0.387 e. The van der Waals surface area contributed by atoms with Crippen LogP contribution < -0.4 is 4.74 Å². The zero-order valence-electron chi connectivity index (χ0n) is 15.7. The zero-order chi connectivity index (χ0) is 21.1. The van der Waals surface area contributed by atoms with E-state index in [9.17, 15) is 18.4 Å². The second kappa shape index (κ2) is 8.88. The molecule has 0 aliphatic carbocycles. The molecule has 30 heavy (non-hydrogen) atoms. The number of hydrogen-bond donors (Lipinski definition) is 0. The van der Waals surface area contributed by atoms with Gasteiger partial charge in [0.05, 0.1) is 5.56 Å². The average molecular weight is 450 g/mol. The molecule has 3 aromatic rings. The summed E-state index contributed by atoms with van der Waals surface area (Å²) in [4.78, 5) is 33.2. The number of hydrogen-bond acceptors (Lipinski definition) is 6. The molecule has 2 amide bonds. The van der Waals surface area contributed by atoms with Gasteiger partial charge >= 0.3 is 6.61 Å². The van der Waals surface area contributed by atoms with Crippen LogP contribution in [0.5, 0.6) is 5.75 Å². The Kier molecular flexibility index (Phi) is 6.05. The first-order chi connectivity index (χ1) is 14.5. The predicted molar refractivity (Wildman–Crippen MR) is 110 cm³/mol. The lowest BCUT2D eigenvalue weighted by atomic mass is 10.1. The van der Waals surface area contributed by atoms with E-state index in [0.29, 0.717) is 31.9 Å². The Balaban J connectivity index is 1.39. The van der Waals surface area contributed by atoms with Gasteiger partial charge in [0, 0.05) is 42.5 Å². The summed E-state index contributed by atoms with van der Waals surface area (Å²) in [7, 11) is 0. The molecule has 6 nitrogen and oxygen atoms in total.